The second-order valence-electron chi connectivity index (χ2n) is 10.6. The number of rotatable bonds is 13. The Kier molecular flexibility index (Phi) is 9.25. The Bertz CT molecular complexity index is 1450. The molecule has 1 fully saturated rings. The summed E-state index contributed by atoms with van der Waals surface area (Å²) in [6.45, 7) is 0.483. The Morgan fingerprint density at radius 2 is 1.76 bits per heavy atom. The summed E-state index contributed by atoms with van der Waals surface area (Å²) in [5, 5.41) is 29.5. The molecule has 14 nitrogen and oxygen atoms in total. The molecular formula is C28H36N8O6. The second-order valence-corrected chi connectivity index (χ2v) is 10.6. The Labute approximate surface area is 242 Å². The molecule has 2 aliphatic heterocycles. The lowest BCUT2D eigenvalue weighted by atomic mass is 10.1. The highest BCUT2D eigenvalue weighted by molar-refractivity contribution is 6.02. The van der Waals surface area contributed by atoms with Gasteiger partial charge in [-0.05, 0) is 25.0 Å². The van der Waals surface area contributed by atoms with E-state index in [1.165, 1.54) is 17.2 Å². The smallest absolute Gasteiger partial charge is 0.251 e. The van der Waals surface area contributed by atoms with Gasteiger partial charge in [0.25, 0.3) is 5.91 Å². The van der Waals surface area contributed by atoms with Crippen LogP contribution in [0, 0.1) is 0 Å². The van der Waals surface area contributed by atoms with Crippen molar-refractivity contribution < 1.29 is 29.3 Å². The van der Waals surface area contributed by atoms with Crippen LogP contribution in [0.4, 0.5) is 11.5 Å². The molecule has 2 aliphatic rings. The lowest BCUT2D eigenvalue weighted by molar-refractivity contribution is -0.122. The fraction of sp³-hybridized carbons (Fsp3) is 0.500. The van der Waals surface area contributed by atoms with Gasteiger partial charge in [0.1, 0.15) is 30.2 Å². The number of nitrogens with two attached hydrogens (primary N) is 1. The number of hydrogen-bond donors (Lipinski definition) is 6. The van der Waals surface area contributed by atoms with Crippen LogP contribution in [0.2, 0.25) is 0 Å². The highest BCUT2D eigenvalue weighted by Gasteiger charge is 2.44. The number of anilines is 2. The van der Waals surface area contributed by atoms with Crippen LogP contribution in [-0.4, -0.2) is 72.3 Å². The molecule has 42 heavy (non-hydrogen) atoms. The Hall–Kier alpha value is -4.14. The van der Waals surface area contributed by atoms with E-state index in [2.05, 4.69) is 30.9 Å². The molecular weight excluding hydrogens is 544 g/mol. The van der Waals surface area contributed by atoms with Crippen molar-refractivity contribution in [2.24, 2.45) is 0 Å². The molecule has 4 atom stereocenters. The van der Waals surface area contributed by atoms with Gasteiger partial charge in [-0.3, -0.25) is 19.0 Å². The number of aliphatic hydroxyl groups is 2. The number of aliphatic hydroxyl groups excluding tert-OH is 2. The van der Waals surface area contributed by atoms with E-state index in [0.29, 0.717) is 41.8 Å². The lowest BCUT2D eigenvalue weighted by Crippen LogP contribution is -2.39. The van der Waals surface area contributed by atoms with Crippen LogP contribution < -0.4 is 21.7 Å². The van der Waals surface area contributed by atoms with Gasteiger partial charge in [0.2, 0.25) is 11.8 Å². The number of fused-ring (bicyclic) bond motifs is 2. The van der Waals surface area contributed by atoms with Gasteiger partial charge in [-0.2, -0.15) is 0 Å². The number of hydrogen-bond acceptors (Lipinski definition) is 10. The van der Waals surface area contributed by atoms with E-state index >= 15 is 0 Å². The van der Waals surface area contributed by atoms with Gasteiger partial charge in [-0.25, -0.2) is 15.0 Å². The maximum atomic E-state index is 12.3. The average molecular weight is 581 g/mol. The van der Waals surface area contributed by atoms with E-state index < -0.39 is 24.5 Å². The minimum atomic E-state index is -1.24. The molecule has 0 spiro atoms. The summed E-state index contributed by atoms with van der Waals surface area (Å²) in [6.07, 6.45) is 4.50. The summed E-state index contributed by atoms with van der Waals surface area (Å²) in [6, 6.07) is 5.33. The van der Waals surface area contributed by atoms with Crippen molar-refractivity contribution >= 4 is 40.4 Å². The Morgan fingerprint density at radius 1 is 1.02 bits per heavy atom. The zero-order chi connectivity index (χ0) is 29.6. The Balaban J connectivity index is 0.936. The van der Waals surface area contributed by atoms with Crippen LogP contribution in [0.5, 0.6) is 0 Å². The van der Waals surface area contributed by atoms with Crippen LogP contribution in [-0.2, 0) is 20.9 Å². The predicted molar refractivity (Wildman–Crippen MR) is 152 cm³/mol. The third-order valence-electron chi connectivity index (χ3n) is 7.68. The molecule has 14 heteroatoms. The first-order valence-electron chi connectivity index (χ1n) is 14.2. The fourth-order valence-electron chi connectivity index (χ4n) is 5.35. The number of amides is 3. The predicted octanol–water partition coefficient (Wildman–Crippen LogP) is 1.15. The van der Waals surface area contributed by atoms with Crippen molar-refractivity contribution in [3.63, 3.8) is 0 Å². The van der Waals surface area contributed by atoms with E-state index in [1.54, 1.807) is 12.1 Å². The van der Waals surface area contributed by atoms with E-state index in [0.717, 1.165) is 44.1 Å². The van der Waals surface area contributed by atoms with Gasteiger partial charge < -0.3 is 36.6 Å². The van der Waals surface area contributed by atoms with Gasteiger partial charge in [0, 0.05) is 42.7 Å². The highest BCUT2D eigenvalue weighted by Crippen LogP contribution is 2.31. The molecule has 7 N–H and O–H groups in total. The summed E-state index contributed by atoms with van der Waals surface area (Å²) in [5.74, 6) is -0.135. The number of nitrogen functional groups attached to an aromatic ring is 1. The largest absolute Gasteiger partial charge is 0.387 e. The van der Waals surface area contributed by atoms with E-state index in [9.17, 15) is 24.6 Å². The van der Waals surface area contributed by atoms with Crippen molar-refractivity contribution in [3.8, 4) is 0 Å². The molecule has 0 saturated carbocycles. The molecule has 0 aliphatic carbocycles. The van der Waals surface area contributed by atoms with Crippen molar-refractivity contribution in [2.75, 3.05) is 17.6 Å². The minimum Gasteiger partial charge on any atom is -0.387 e. The monoisotopic (exact) mass is 580 g/mol. The summed E-state index contributed by atoms with van der Waals surface area (Å²) < 4.78 is 7.34. The zero-order valence-electron chi connectivity index (χ0n) is 23.2. The molecule has 1 saturated heterocycles. The van der Waals surface area contributed by atoms with E-state index in [1.807, 2.05) is 6.07 Å². The SMILES string of the molecule is Nc1ncnc2c1ncn2C1O[C@H](CNC(=O)CCCCCCCCC(=O)Nc2cccc3c2CNC3=O)[C@@H](O)[C@H]1O. The maximum absolute atomic E-state index is 12.3. The van der Waals surface area contributed by atoms with Gasteiger partial charge in [0.15, 0.2) is 17.7 Å². The van der Waals surface area contributed by atoms with Crippen LogP contribution >= 0.6 is 0 Å². The lowest BCUT2D eigenvalue weighted by Gasteiger charge is -2.16. The molecule has 1 unspecified atom stereocenters. The third kappa shape index (κ3) is 6.50. The number of imidazole rings is 1. The molecule has 224 valence electrons. The van der Waals surface area contributed by atoms with Gasteiger partial charge in [0.05, 0.1) is 6.33 Å². The number of carbonyl (C=O) groups excluding carboxylic acids is 3. The van der Waals surface area contributed by atoms with E-state index in [4.69, 9.17) is 10.5 Å². The second kappa shape index (κ2) is 13.2. The minimum absolute atomic E-state index is 0.0536. The maximum Gasteiger partial charge on any atom is 0.251 e. The standard InChI is InChI=1S/C28H36N8O6/c29-25-22-26(33-14-32-25)36(15-34-22)28-24(40)23(39)19(42-28)13-30-20(37)10-5-3-1-2-4-6-11-21(38)35-18-9-7-8-16-17(18)12-31-27(16)41/h7-9,14-15,19,23-24,28,39-40H,1-6,10-13H2,(H,30,37)(H,31,41)(H,35,38)(H2,29,32,33)/t19-,23-,24-,28?/m1/s1. The number of carbonyl (C=O) groups is 3. The van der Waals surface area contributed by atoms with Gasteiger partial charge >= 0.3 is 0 Å². The van der Waals surface area contributed by atoms with Crippen LogP contribution in [0.3, 0.4) is 0 Å². The zero-order valence-corrected chi connectivity index (χ0v) is 23.2. The molecule has 0 radical (unpaired) electrons. The van der Waals surface area contributed by atoms with Crippen LogP contribution in [0.1, 0.15) is 73.5 Å². The fourth-order valence-corrected chi connectivity index (χ4v) is 5.35. The number of ether oxygens (including phenoxy) is 1. The van der Waals surface area contributed by atoms with Crippen LogP contribution in [0.25, 0.3) is 11.2 Å². The normalized spacial score (nSPS) is 21.3. The summed E-state index contributed by atoms with van der Waals surface area (Å²) in [5.41, 5.74) is 8.69. The van der Waals surface area contributed by atoms with Crippen molar-refractivity contribution in [2.45, 2.75) is 82.5 Å². The number of benzene rings is 1. The van der Waals surface area contributed by atoms with E-state index in [-0.39, 0.29) is 30.1 Å². The first-order valence-corrected chi connectivity index (χ1v) is 14.2. The first kappa shape index (κ1) is 29.4. The molecule has 0 bridgehead atoms. The molecule has 4 heterocycles. The van der Waals surface area contributed by atoms with Crippen molar-refractivity contribution in [3.05, 3.63) is 42.0 Å². The number of aromatic nitrogens is 4. The first-order chi connectivity index (χ1) is 20.3. The topological polar surface area (TPSA) is 207 Å². The summed E-state index contributed by atoms with van der Waals surface area (Å²) in [7, 11) is 0. The summed E-state index contributed by atoms with van der Waals surface area (Å²) in [4.78, 5) is 48.6. The number of nitrogens with zero attached hydrogens (tertiary/aromatic N) is 4. The van der Waals surface area contributed by atoms with Crippen LogP contribution in [0.15, 0.2) is 30.9 Å². The van der Waals surface area contributed by atoms with Gasteiger partial charge in [-0.1, -0.05) is 31.7 Å². The molecule has 2 aromatic heterocycles. The van der Waals surface area contributed by atoms with Crippen molar-refractivity contribution in [1.29, 1.82) is 0 Å². The third-order valence-corrected chi connectivity index (χ3v) is 7.68. The molecule has 3 amide bonds. The highest BCUT2D eigenvalue weighted by atomic mass is 16.6. The summed E-state index contributed by atoms with van der Waals surface area (Å²) >= 11 is 0. The molecule has 3 aromatic rings. The molecule has 1 aromatic carbocycles. The number of unbranched alkanes of at least 4 members (excludes halogenated alkanes) is 5. The van der Waals surface area contributed by atoms with Crippen molar-refractivity contribution in [1.82, 2.24) is 30.2 Å². The Morgan fingerprint density at radius 3 is 2.55 bits per heavy atom. The van der Waals surface area contributed by atoms with Gasteiger partial charge in [-0.15, -0.1) is 0 Å². The quantitative estimate of drug-likeness (QED) is 0.159. The number of nitrogens with one attached hydrogen (secondary N) is 3. The average Bonchev–Trinajstić information content (AvgIpc) is 3.66. The molecule has 5 rings (SSSR count).